The number of nitrogens with one attached hydrogen (secondary N) is 1. The summed E-state index contributed by atoms with van der Waals surface area (Å²) in [5.74, 6) is 1.74. The molecule has 1 aromatic carbocycles. The minimum absolute atomic E-state index is 0.349. The second-order valence-corrected chi connectivity index (χ2v) is 6.07. The molecule has 1 unspecified atom stereocenters. The van der Waals surface area contributed by atoms with Crippen LogP contribution in [0.15, 0.2) is 47.8 Å². The number of hydrogen-bond donors (Lipinski definition) is 1. The highest BCUT2D eigenvalue weighted by molar-refractivity contribution is 7.98. The van der Waals surface area contributed by atoms with Crippen molar-refractivity contribution < 1.29 is 4.74 Å². The van der Waals surface area contributed by atoms with Crippen LogP contribution in [0.1, 0.15) is 18.4 Å². The topological polar surface area (TPSA) is 47.0 Å². The summed E-state index contributed by atoms with van der Waals surface area (Å²) < 4.78 is 5.47. The Kier molecular flexibility index (Phi) is 5.08. The van der Waals surface area contributed by atoms with E-state index in [0.29, 0.717) is 6.04 Å². The van der Waals surface area contributed by atoms with Gasteiger partial charge in [0.25, 0.3) is 0 Å². The maximum atomic E-state index is 5.47. The summed E-state index contributed by atoms with van der Waals surface area (Å²) in [5.41, 5.74) is 1.29. The van der Waals surface area contributed by atoms with E-state index in [1.807, 2.05) is 12.3 Å². The molecule has 1 aliphatic rings. The summed E-state index contributed by atoms with van der Waals surface area (Å²) in [6, 6.07) is 10.8. The molecule has 0 saturated carbocycles. The highest BCUT2D eigenvalue weighted by atomic mass is 32.2. The van der Waals surface area contributed by atoms with Crippen molar-refractivity contribution in [3.63, 3.8) is 0 Å². The van der Waals surface area contributed by atoms with Crippen molar-refractivity contribution in [2.45, 2.75) is 29.7 Å². The van der Waals surface area contributed by atoms with Gasteiger partial charge in [-0.1, -0.05) is 30.3 Å². The average molecular weight is 301 g/mol. The summed E-state index contributed by atoms with van der Waals surface area (Å²) in [4.78, 5) is 8.89. The molecule has 0 bridgehead atoms. The summed E-state index contributed by atoms with van der Waals surface area (Å²) in [7, 11) is 0. The zero-order valence-electron chi connectivity index (χ0n) is 11.9. The summed E-state index contributed by atoms with van der Waals surface area (Å²) in [6.07, 6.45) is 5.83. The van der Waals surface area contributed by atoms with Crippen molar-refractivity contribution >= 4 is 17.6 Å². The molecule has 0 amide bonds. The molecule has 5 heteroatoms. The molecule has 110 valence electrons. The van der Waals surface area contributed by atoms with E-state index >= 15 is 0 Å². The van der Waals surface area contributed by atoms with Crippen LogP contribution >= 0.6 is 11.8 Å². The van der Waals surface area contributed by atoms with E-state index < -0.39 is 0 Å². The molecule has 0 radical (unpaired) electrons. The van der Waals surface area contributed by atoms with E-state index in [1.54, 1.807) is 18.0 Å². The molecule has 2 aromatic rings. The smallest absolute Gasteiger partial charge is 0.146 e. The van der Waals surface area contributed by atoms with Crippen molar-refractivity contribution in [2.24, 2.45) is 0 Å². The van der Waals surface area contributed by atoms with Crippen LogP contribution in [-0.2, 0) is 10.5 Å². The maximum Gasteiger partial charge on any atom is 0.146 e. The number of thioether (sulfide) groups is 1. The fourth-order valence-electron chi connectivity index (χ4n) is 2.28. The molecule has 0 spiro atoms. The van der Waals surface area contributed by atoms with Crippen LogP contribution in [-0.4, -0.2) is 29.2 Å². The second-order valence-electron chi connectivity index (χ2n) is 5.08. The molecular formula is C16H19N3OS. The van der Waals surface area contributed by atoms with Gasteiger partial charge in [-0.15, -0.1) is 11.8 Å². The fourth-order valence-corrected chi connectivity index (χ4v) is 3.09. The molecule has 1 N–H and O–H groups in total. The van der Waals surface area contributed by atoms with Crippen LogP contribution in [0.2, 0.25) is 0 Å². The highest BCUT2D eigenvalue weighted by Crippen LogP contribution is 2.21. The van der Waals surface area contributed by atoms with Gasteiger partial charge in [0.1, 0.15) is 10.8 Å². The average Bonchev–Trinajstić information content (AvgIpc) is 2.55. The zero-order valence-corrected chi connectivity index (χ0v) is 12.7. The number of aromatic nitrogens is 2. The fraction of sp³-hybridized carbons (Fsp3) is 0.375. The van der Waals surface area contributed by atoms with Gasteiger partial charge in [-0.25, -0.2) is 4.98 Å². The first-order valence-corrected chi connectivity index (χ1v) is 8.22. The van der Waals surface area contributed by atoms with E-state index in [4.69, 9.17) is 4.74 Å². The van der Waals surface area contributed by atoms with Gasteiger partial charge in [0.15, 0.2) is 0 Å². The quantitative estimate of drug-likeness (QED) is 0.858. The van der Waals surface area contributed by atoms with E-state index in [1.165, 1.54) is 5.56 Å². The van der Waals surface area contributed by atoms with Crippen LogP contribution in [0.25, 0.3) is 0 Å². The number of hydrogen-bond acceptors (Lipinski definition) is 5. The van der Waals surface area contributed by atoms with Gasteiger partial charge in [-0.2, -0.15) is 0 Å². The minimum Gasteiger partial charge on any atom is -0.379 e. The predicted octanol–water partition coefficient (Wildman–Crippen LogP) is 3.36. The molecule has 1 fully saturated rings. The normalized spacial score (nSPS) is 18.4. The zero-order chi connectivity index (χ0) is 14.3. The van der Waals surface area contributed by atoms with Crippen molar-refractivity contribution in [3.8, 4) is 0 Å². The molecule has 1 aromatic heterocycles. The molecule has 0 aliphatic carbocycles. The van der Waals surface area contributed by atoms with Crippen molar-refractivity contribution in [1.29, 1.82) is 0 Å². The molecule has 2 heterocycles. The predicted molar refractivity (Wildman–Crippen MR) is 85.5 cm³/mol. The molecule has 1 saturated heterocycles. The van der Waals surface area contributed by atoms with Crippen LogP contribution in [0.4, 0.5) is 5.82 Å². The SMILES string of the molecule is c1ccc(CSc2cncc(NC3CCCOC3)n2)cc1. The summed E-state index contributed by atoms with van der Waals surface area (Å²) in [5, 5.41) is 4.35. The first kappa shape index (κ1) is 14.4. The van der Waals surface area contributed by atoms with Gasteiger partial charge in [0, 0.05) is 12.4 Å². The standard InChI is InChI=1S/C16H19N3OS/c1-2-5-13(6-3-1)12-21-16-10-17-9-15(19-16)18-14-7-4-8-20-11-14/h1-3,5-6,9-10,14H,4,7-8,11-12H2,(H,18,19). The molecule has 21 heavy (non-hydrogen) atoms. The van der Waals surface area contributed by atoms with Gasteiger partial charge < -0.3 is 10.1 Å². The van der Waals surface area contributed by atoms with Crippen molar-refractivity contribution in [1.82, 2.24) is 9.97 Å². The molecule has 3 rings (SSSR count). The summed E-state index contributed by atoms with van der Waals surface area (Å²) >= 11 is 1.70. The lowest BCUT2D eigenvalue weighted by Gasteiger charge is -2.23. The third-order valence-electron chi connectivity index (χ3n) is 3.35. The van der Waals surface area contributed by atoms with Crippen LogP contribution in [0, 0.1) is 0 Å². The Morgan fingerprint density at radius 1 is 1.24 bits per heavy atom. The number of benzene rings is 1. The minimum atomic E-state index is 0.349. The Morgan fingerprint density at radius 2 is 2.14 bits per heavy atom. The van der Waals surface area contributed by atoms with Gasteiger partial charge in [-0.3, -0.25) is 4.98 Å². The number of nitrogens with zero attached hydrogens (tertiary/aromatic N) is 2. The third-order valence-corrected chi connectivity index (χ3v) is 4.32. The van der Waals surface area contributed by atoms with Crippen LogP contribution in [0.5, 0.6) is 0 Å². The number of ether oxygens (including phenoxy) is 1. The van der Waals surface area contributed by atoms with E-state index in [2.05, 4.69) is 39.6 Å². The van der Waals surface area contributed by atoms with Gasteiger partial charge in [-0.05, 0) is 18.4 Å². The highest BCUT2D eigenvalue weighted by Gasteiger charge is 2.14. The molecular weight excluding hydrogens is 282 g/mol. The van der Waals surface area contributed by atoms with Crippen LogP contribution < -0.4 is 5.32 Å². The van der Waals surface area contributed by atoms with Gasteiger partial charge in [0.05, 0.1) is 25.0 Å². The van der Waals surface area contributed by atoms with E-state index in [9.17, 15) is 0 Å². The lowest BCUT2D eigenvalue weighted by molar-refractivity contribution is 0.0875. The Morgan fingerprint density at radius 3 is 2.95 bits per heavy atom. The van der Waals surface area contributed by atoms with Gasteiger partial charge in [0.2, 0.25) is 0 Å². The van der Waals surface area contributed by atoms with E-state index in [0.717, 1.165) is 42.7 Å². The first-order chi connectivity index (χ1) is 10.4. The molecule has 1 aliphatic heterocycles. The van der Waals surface area contributed by atoms with Crippen molar-refractivity contribution in [3.05, 3.63) is 48.3 Å². The van der Waals surface area contributed by atoms with Crippen molar-refractivity contribution in [2.75, 3.05) is 18.5 Å². The Bertz CT molecular complexity index is 558. The monoisotopic (exact) mass is 301 g/mol. The van der Waals surface area contributed by atoms with Crippen LogP contribution in [0.3, 0.4) is 0 Å². The lowest BCUT2D eigenvalue weighted by Crippen LogP contribution is -2.30. The second kappa shape index (κ2) is 7.43. The van der Waals surface area contributed by atoms with Gasteiger partial charge >= 0.3 is 0 Å². The third kappa shape index (κ3) is 4.44. The maximum absolute atomic E-state index is 5.47. The number of anilines is 1. The largest absolute Gasteiger partial charge is 0.379 e. The Labute approximate surface area is 129 Å². The van der Waals surface area contributed by atoms with E-state index in [-0.39, 0.29) is 0 Å². The Balaban J connectivity index is 1.57. The molecule has 1 atom stereocenters. The molecule has 4 nitrogen and oxygen atoms in total. The Hall–Kier alpha value is -1.59. The number of rotatable bonds is 5. The summed E-state index contributed by atoms with van der Waals surface area (Å²) in [6.45, 7) is 1.62. The lowest BCUT2D eigenvalue weighted by atomic mass is 10.1. The first-order valence-electron chi connectivity index (χ1n) is 7.23.